The van der Waals surface area contributed by atoms with Crippen LogP contribution in [-0.4, -0.2) is 48.2 Å². The van der Waals surface area contributed by atoms with E-state index >= 15 is 0 Å². The number of nitrogens with one attached hydrogen (secondary N) is 2. The van der Waals surface area contributed by atoms with Crippen LogP contribution in [0.5, 0.6) is 0 Å². The Kier molecular flexibility index (Phi) is 5.50. The molecule has 0 heterocycles. The summed E-state index contributed by atoms with van der Waals surface area (Å²) in [5, 5.41) is 13.8. The zero-order chi connectivity index (χ0) is 24.0. The predicted octanol–water partition coefficient (Wildman–Crippen LogP) is 3.39. The summed E-state index contributed by atoms with van der Waals surface area (Å²) in [6.07, 6.45) is 0.445. The molecule has 2 saturated carbocycles. The number of carboxylic acids is 1. The summed E-state index contributed by atoms with van der Waals surface area (Å²) in [5.41, 5.74) is 4.21. The third-order valence-corrected chi connectivity index (χ3v) is 6.95. The van der Waals surface area contributed by atoms with E-state index in [1.165, 1.54) is 0 Å². The van der Waals surface area contributed by atoms with Crippen molar-refractivity contribution >= 4 is 18.0 Å². The van der Waals surface area contributed by atoms with E-state index in [1.54, 1.807) is 0 Å². The summed E-state index contributed by atoms with van der Waals surface area (Å²) in [4.78, 5) is 35.8. The summed E-state index contributed by atoms with van der Waals surface area (Å²) in [6.45, 7) is -0.393. The Morgan fingerprint density at radius 2 is 1.62 bits per heavy atom. The van der Waals surface area contributed by atoms with Crippen LogP contribution in [0.4, 0.5) is 13.6 Å². The van der Waals surface area contributed by atoms with Crippen LogP contribution in [0.2, 0.25) is 0 Å². The maximum atomic E-state index is 14.2. The minimum atomic E-state index is -3.31. The fraction of sp³-hybridized carbons (Fsp3) is 0.400. The zero-order valence-corrected chi connectivity index (χ0v) is 18.2. The molecule has 3 N–H and O–H groups in total. The maximum Gasteiger partial charge on any atom is 0.407 e. The van der Waals surface area contributed by atoms with E-state index in [1.807, 2.05) is 48.5 Å². The molecule has 2 aromatic carbocycles. The first-order valence-electron chi connectivity index (χ1n) is 11.3. The quantitative estimate of drug-likeness (QED) is 0.549. The molecular formula is C25H24F2N2O5. The van der Waals surface area contributed by atoms with Gasteiger partial charge in [0.05, 0.1) is 5.92 Å². The van der Waals surface area contributed by atoms with E-state index in [9.17, 15) is 28.3 Å². The Labute approximate surface area is 194 Å². The molecule has 2 amide bonds. The highest BCUT2D eigenvalue weighted by atomic mass is 19.3. The molecule has 0 aliphatic heterocycles. The van der Waals surface area contributed by atoms with Crippen LogP contribution < -0.4 is 10.6 Å². The SMILES string of the molecule is O=C(NC[C@H]1[C@@H](C(=O)NC(C(=O)O)C2CC2)C1(F)F)OCC1c2ccccc2-c2ccccc21. The van der Waals surface area contributed by atoms with Crippen LogP contribution in [0.25, 0.3) is 11.1 Å². The number of carboxylic acid groups (broad SMARTS) is 1. The molecule has 0 spiro atoms. The number of hydrogen-bond donors (Lipinski definition) is 3. The van der Waals surface area contributed by atoms with Gasteiger partial charge < -0.3 is 20.5 Å². The first-order chi connectivity index (χ1) is 16.3. The number of hydrogen-bond acceptors (Lipinski definition) is 4. The molecule has 1 unspecified atom stereocenters. The molecule has 2 aromatic rings. The molecule has 7 nitrogen and oxygen atoms in total. The van der Waals surface area contributed by atoms with Gasteiger partial charge in [0, 0.05) is 12.5 Å². The third kappa shape index (κ3) is 3.99. The summed E-state index contributed by atoms with van der Waals surface area (Å²) < 4.78 is 33.7. The normalized spacial score (nSPS) is 22.8. The average Bonchev–Trinajstić information content (AvgIpc) is 3.71. The molecule has 9 heteroatoms. The molecule has 3 aliphatic rings. The van der Waals surface area contributed by atoms with Crippen molar-refractivity contribution in [2.45, 2.75) is 30.7 Å². The highest BCUT2D eigenvalue weighted by Crippen LogP contribution is 2.55. The molecule has 178 valence electrons. The van der Waals surface area contributed by atoms with Gasteiger partial charge in [-0.15, -0.1) is 0 Å². The lowest BCUT2D eigenvalue weighted by molar-refractivity contribution is -0.143. The standard InChI is InChI=1S/C25H24F2N2O5/c26-25(27)19(20(25)22(30)29-21(23(31)32)13-9-10-13)11-28-24(33)34-12-18-16-7-3-1-5-14(16)15-6-2-4-8-17(15)18/h1-8,13,18-21H,9-12H2,(H,28,33)(H,29,30)(H,31,32)/t19-,20-,21?/m0/s1. The van der Waals surface area contributed by atoms with E-state index < -0.39 is 48.3 Å². The number of halogens is 2. The van der Waals surface area contributed by atoms with Gasteiger partial charge in [0.15, 0.2) is 0 Å². The molecule has 34 heavy (non-hydrogen) atoms. The summed E-state index contributed by atoms with van der Waals surface area (Å²) >= 11 is 0. The van der Waals surface area contributed by atoms with Crippen LogP contribution in [0.3, 0.4) is 0 Å². The van der Waals surface area contributed by atoms with E-state index in [4.69, 9.17) is 4.74 Å². The highest BCUT2D eigenvalue weighted by Gasteiger charge is 2.72. The number of ether oxygens (including phenoxy) is 1. The monoisotopic (exact) mass is 470 g/mol. The van der Waals surface area contributed by atoms with Crippen LogP contribution in [-0.2, 0) is 14.3 Å². The van der Waals surface area contributed by atoms with Gasteiger partial charge in [-0.3, -0.25) is 4.79 Å². The van der Waals surface area contributed by atoms with E-state index in [-0.39, 0.29) is 18.4 Å². The Morgan fingerprint density at radius 1 is 1.03 bits per heavy atom. The molecule has 2 fully saturated rings. The lowest BCUT2D eigenvalue weighted by atomic mass is 9.98. The van der Waals surface area contributed by atoms with Gasteiger partial charge in [0.1, 0.15) is 18.6 Å². The van der Waals surface area contributed by atoms with Crippen molar-refractivity contribution in [1.29, 1.82) is 0 Å². The van der Waals surface area contributed by atoms with Gasteiger partial charge in [0.25, 0.3) is 5.92 Å². The number of carbonyl (C=O) groups excluding carboxylic acids is 2. The number of benzene rings is 2. The number of rotatable bonds is 8. The topological polar surface area (TPSA) is 105 Å². The Balaban J connectivity index is 1.15. The lowest BCUT2D eigenvalue weighted by Crippen LogP contribution is -2.44. The number of amides is 2. The number of alkyl halides is 2. The minimum Gasteiger partial charge on any atom is -0.480 e. The Hall–Kier alpha value is -3.49. The van der Waals surface area contributed by atoms with Crippen molar-refractivity contribution in [3.63, 3.8) is 0 Å². The number of aliphatic carboxylic acids is 1. The highest BCUT2D eigenvalue weighted by molar-refractivity contribution is 5.88. The third-order valence-electron chi connectivity index (χ3n) is 6.95. The van der Waals surface area contributed by atoms with Gasteiger partial charge in [-0.05, 0) is 41.0 Å². The molecule has 0 radical (unpaired) electrons. The maximum absolute atomic E-state index is 14.2. The molecule has 0 aromatic heterocycles. The predicted molar refractivity (Wildman–Crippen MR) is 117 cm³/mol. The van der Waals surface area contributed by atoms with Gasteiger partial charge in [0.2, 0.25) is 5.91 Å². The van der Waals surface area contributed by atoms with E-state index in [2.05, 4.69) is 10.6 Å². The Morgan fingerprint density at radius 3 is 2.18 bits per heavy atom. The fourth-order valence-electron chi connectivity index (χ4n) is 4.90. The number of alkyl carbamates (subject to hydrolysis) is 1. The minimum absolute atomic E-state index is 0.0481. The van der Waals surface area contributed by atoms with Crippen LogP contribution >= 0.6 is 0 Å². The second kappa shape index (κ2) is 8.38. The van der Waals surface area contributed by atoms with Crippen LogP contribution in [0.1, 0.15) is 29.9 Å². The van der Waals surface area contributed by atoms with Gasteiger partial charge in [-0.2, -0.15) is 0 Å². The number of carbonyl (C=O) groups is 3. The van der Waals surface area contributed by atoms with E-state index in [0.29, 0.717) is 12.8 Å². The van der Waals surface area contributed by atoms with Crippen molar-refractivity contribution < 1.29 is 33.0 Å². The van der Waals surface area contributed by atoms with Crippen molar-refractivity contribution in [3.05, 3.63) is 59.7 Å². The van der Waals surface area contributed by atoms with Gasteiger partial charge >= 0.3 is 12.1 Å². The summed E-state index contributed by atoms with van der Waals surface area (Å²) in [7, 11) is 0. The van der Waals surface area contributed by atoms with E-state index in [0.717, 1.165) is 22.3 Å². The molecule has 5 rings (SSSR count). The molecule has 3 aliphatic carbocycles. The molecule has 0 saturated heterocycles. The summed E-state index contributed by atoms with van der Waals surface area (Å²) in [5.74, 6) is -8.98. The average molecular weight is 470 g/mol. The summed E-state index contributed by atoms with van der Waals surface area (Å²) in [6, 6.07) is 14.5. The fourth-order valence-corrected chi connectivity index (χ4v) is 4.90. The van der Waals surface area contributed by atoms with Crippen molar-refractivity contribution in [2.24, 2.45) is 17.8 Å². The largest absolute Gasteiger partial charge is 0.480 e. The smallest absolute Gasteiger partial charge is 0.407 e. The molecule has 0 bridgehead atoms. The van der Waals surface area contributed by atoms with Crippen molar-refractivity contribution in [1.82, 2.24) is 10.6 Å². The first-order valence-corrected chi connectivity index (χ1v) is 11.3. The van der Waals surface area contributed by atoms with Crippen LogP contribution in [0.15, 0.2) is 48.5 Å². The molecular weight excluding hydrogens is 446 g/mol. The second-order valence-electron chi connectivity index (χ2n) is 9.13. The lowest BCUT2D eigenvalue weighted by Gasteiger charge is -2.14. The van der Waals surface area contributed by atoms with Gasteiger partial charge in [-0.1, -0.05) is 48.5 Å². The van der Waals surface area contributed by atoms with Crippen molar-refractivity contribution in [2.75, 3.05) is 13.2 Å². The Bertz CT molecular complexity index is 1100. The van der Waals surface area contributed by atoms with Gasteiger partial charge in [-0.25, -0.2) is 18.4 Å². The second-order valence-corrected chi connectivity index (χ2v) is 9.13. The van der Waals surface area contributed by atoms with Crippen molar-refractivity contribution in [3.8, 4) is 11.1 Å². The number of fused-ring (bicyclic) bond motifs is 3. The van der Waals surface area contributed by atoms with Crippen LogP contribution in [0, 0.1) is 17.8 Å². The zero-order valence-electron chi connectivity index (χ0n) is 18.2. The molecule has 3 atom stereocenters. The first kappa shape index (κ1) is 22.3.